The van der Waals surface area contributed by atoms with Gasteiger partial charge in [-0.1, -0.05) is 18.2 Å². The minimum Gasteiger partial charge on any atom is -0.481 e. The number of carboxylic acid groups (broad SMARTS) is 1. The van der Waals surface area contributed by atoms with Crippen LogP contribution >= 0.6 is 0 Å². The number of aliphatic carboxylic acids is 1. The maximum atomic E-state index is 13.5. The van der Waals surface area contributed by atoms with Crippen LogP contribution in [0.15, 0.2) is 24.3 Å². The highest BCUT2D eigenvalue weighted by atomic mass is 19.1. The molecule has 1 aromatic rings. The molecule has 1 N–H and O–H groups in total. The summed E-state index contributed by atoms with van der Waals surface area (Å²) in [5, 5.41) is 8.97. The lowest BCUT2D eigenvalue weighted by Gasteiger charge is -2.30. The molecule has 5 heteroatoms. The number of benzene rings is 1. The van der Waals surface area contributed by atoms with E-state index in [0.29, 0.717) is 24.9 Å². The molecule has 1 aromatic carbocycles. The number of piperidine rings is 1. The molecule has 0 saturated carbocycles. The molecular weight excluding hydrogens is 249 g/mol. The van der Waals surface area contributed by atoms with Gasteiger partial charge in [-0.05, 0) is 24.5 Å². The molecule has 2 rings (SSSR count). The number of likely N-dealkylation sites (tertiary alicyclic amines) is 1. The Bertz CT molecular complexity index is 489. The SMILES string of the molecule is O=C(O)[C@H]1CCCN(C(=O)Cc2ccccc2F)C1. The topological polar surface area (TPSA) is 57.6 Å². The fourth-order valence-electron chi connectivity index (χ4n) is 2.32. The smallest absolute Gasteiger partial charge is 0.308 e. The Balaban J connectivity index is 2.00. The van der Waals surface area contributed by atoms with Crippen molar-refractivity contribution in [1.29, 1.82) is 0 Å². The van der Waals surface area contributed by atoms with Gasteiger partial charge in [0.15, 0.2) is 0 Å². The van der Waals surface area contributed by atoms with Gasteiger partial charge in [0, 0.05) is 13.1 Å². The predicted octanol–water partition coefficient (Wildman–Crippen LogP) is 1.69. The second-order valence-electron chi connectivity index (χ2n) is 4.79. The monoisotopic (exact) mass is 265 g/mol. The van der Waals surface area contributed by atoms with Gasteiger partial charge in [-0.15, -0.1) is 0 Å². The van der Waals surface area contributed by atoms with E-state index in [-0.39, 0.29) is 18.9 Å². The zero-order chi connectivity index (χ0) is 13.8. The van der Waals surface area contributed by atoms with Crippen molar-refractivity contribution in [2.24, 2.45) is 5.92 Å². The summed E-state index contributed by atoms with van der Waals surface area (Å²) in [4.78, 5) is 24.5. The van der Waals surface area contributed by atoms with Crippen LogP contribution in [0.4, 0.5) is 4.39 Å². The van der Waals surface area contributed by atoms with Crippen LogP contribution in [0.1, 0.15) is 18.4 Å². The molecule has 1 atom stereocenters. The third-order valence-corrected chi connectivity index (χ3v) is 3.42. The zero-order valence-corrected chi connectivity index (χ0v) is 10.5. The van der Waals surface area contributed by atoms with Crippen molar-refractivity contribution in [2.75, 3.05) is 13.1 Å². The summed E-state index contributed by atoms with van der Waals surface area (Å²) < 4.78 is 13.5. The Labute approximate surface area is 110 Å². The summed E-state index contributed by atoms with van der Waals surface area (Å²) in [7, 11) is 0. The van der Waals surface area contributed by atoms with Crippen molar-refractivity contribution in [3.63, 3.8) is 0 Å². The number of halogens is 1. The molecule has 0 aromatic heterocycles. The summed E-state index contributed by atoms with van der Waals surface area (Å²) in [6.07, 6.45) is 1.26. The Kier molecular flexibility index (Phi) is 4.14. The van der Waals surface area contributed by atoms with E-state index in [9.17, 15) is 14.0 Å². The third-order valence-electron chi connectivity index (χ3n) is 3.42. The van der Waals surface area contributed by atoms with Gasteiger partial charge < -0.3 is 10.0 Å². The van der Waals surface area contributed by atoms with Gasteiger partial charge >= 0.3 is 5.97 Å². The first-order chi connectivity index (χ1) is 9.08. The fourth-order valence-corrected chi connectivity index (χ4v) is 2.32. The average Bonchev–Trinajstić information content (AvgIpc) is 2.41. The molecule has 4 nitrogen and oxygen atoms in total. The molecule has 0 aliphatic carbocycles. The van der Waals surface area contributed by atoms with Crippen molar-refractivity contribution in [3.8, 4) is 0 Å². The number of hydrogen-bond acceptors (Lipinski definition) is 2. The molecule has 19 heavy (non-hydrogen) atoms. The molecule has 0 spiro atoms. The number of amides is 1. The van der Waals surface area contributed by atoms with Crippen molar-refractivity contribution in [3.05, 3.63) is 35.6 Å². The highest BCUT2D eigenvalue weighted by Crippen LogP contribution is 2.18. The Morgan fingerprint density at radius 3 is 2.79 bits per heavy atom. The highest BCUT2D eigenvalue weighted by molar-refractivity contribution is 5.80. The van der Waals surface area contributed by atoms with Crippen molar-refractivity contribution in [2.45, 2.75) is 19.3 Å². The van der Waals surface area contributed by atoms with Gasteiger partial charge in [0.25, 0.3) is 0 Å². The quantitative estimate of drug-likeness (QED) is 0.904. The van der Waals surface area contributed by atoms with Gasteiger partial charge in [-0.3, -0.25) is 9.59 Å². The van der Waals surface area contributed by atoms with E-state index in [1.54, 1.807) is 18.2 Å². The molecule has 1 aliphatic heterocycles. The largest absolute Gasteiger partial charge is 0.481 e. The normalized spacial score (nSPS) is 19.2. The van der Waals surface area contributed by atoms with Crippen molar-refractivity contribution < 1.29 is 19.1 Å². The van der Waals surface area contributed by atoms with Crippen LogP contribution in [0.25, 0.3) is 0 Å². The number of carboxylic acids is 1. The molecule has 1 aliphatic rings. The maximum absolute atomic E-state index is 13.5. The van der Waals surface area contributed by atoms with Crippen LogP contribution in [0.2, 0.25) is 0 Å². The number of hydrogen-bond donors (Lipinski definition) is 1. The molecular formula is C14H16FNO3. The number of carbonyl (C=O) groups is 2. The van der Waals surface area contributed by atoms with Crippen LogP contribution in [-0.4, -0.2) is 35.0 Å². The van der Waals surface area contributed by atoms with E-state index in [4.69, 9.17) is 5.11 Å². The molecule has 0 bridgehead atoms. The minimum atomic E-state index is -0.872. The lowest BCUT2D eigenvalue weighted by Crippen LogP contribution is -2.43. The third kappa shape index (κ3) is 3.30. The molecule has 0 radical (unpaired) electrons. The Hall–Kier alpha value is -1.91. The van der Waals surface area contributed by atoms with E-state index in [2.05, 4.69) is 0 Å². The van der Waals surface area contributed by atoms with Crippen molar-refractivity contribution in [1.82, 2.24) is 4.90 Å². The second-order valence-corrected chi connectivity index (χ2v) is 4.79. The highest BCUT2D eigenvalue weighted by Gasteiger charge is 2.28. The first-order valence-electron chi connectivity index (χ1n) is 6.32. The van der Waals surface area contributed by atoms with Gasteiger partial charge in [0.05, 0.1) is 12.3 Å². The van der Waals surface area contributed by atoms with Gasteiger partial charge in [0.2, 0.25) is 5.91 Å². The molecule has 1 fully saturated rings. The molecule has 102 valence electrons. The standard InChI is InChI=1S/C14H16FNO3/c15-12-6-2-1-4-10(12)8-13(17)16-7-3-5-11(9-16)14(18)19/h1-2,4,6,11H,3,5,7-9H2,(H,18,19)/t11-/m0/s1. The zero-order valence-electron chi connectivity index (χ0n) is 10.5. The summed E-state index contributed by atoms with van der Waals surface area (Å²) in [6, 6.07) is 6.15. The van der Waals surface area contributed by atoms with E-state index in [1.165, 1.54) is 11.0 Å². The molecule has 0 unspecified atom stereocenters. The molecule has 1 heterocycles. The van der Waals surface area contributed by atoms with E-state index in [0.717, 1.165) is 0 Å². The van der Waals surface area contributed by atoms with Crippen LogP contribution in [0.5, 0.6) is 0 Å². The Morgan fingerprint density at radius 1 is 1.37 bits per heavy atom. The Morgan fingerprint density at radius 2 is 2.11 bits per heavy atom. The fraction of sp³-hybridized carbons (Fsp3) is 0.429. The maximum Gasteiger partial charge on any atom is 0.308 e. The summed E-state index contributed by atoms with van der Waals surface area (Å²) in [5.41, 5.74) is 0.352. The van der Waals surface area contributed by atoms with E-state index < -0.39 is 17.7 Å². The van der Waals surface area contributed by atoms with Crippen LogP contribution < -0.4 is 0 Å². The van der Waals surface area contributed by atoms with E-state index >= 15 is 0 Å². The summed E-state index contributed by atoms with van der Waals surface area (Å²) in [6.45, 7) is 0.777. The lowest BCUT2D eigenvalue weighted by molar-refractivity contribution is -0.145. The van der Waals surface area contributed by atoms with Gasteiger partial charge in [-0.25, -0.2) is 4.39 Å². The molecule has 1 saturated heterocycles. The predicted molar refractivity (Wildman–Crippen MR) is 67.0 cm³/mol. The average molecular weight is 265 g/mol. The van der Waals surface area contributed by atoms with Crippen LogP contribution in [0.3, 0.4) is 0 Å². The minimum absolute atomic E-state index is 0.0149. The lowest BCUT2D eigenvalue weighted by atomic mass is 9.97. The van der Waals surface area contributed by atoms with Crippen LogP contribution in [0, 0.1) is 11.7 Å². The molecule has 1 amide bonds. The van der Waals surface area contributed by atoms with Crippen molar-refractivity contribution >= 4 is 11.9 Å². The van der Waals surface area contributed by atoms with Gasteiger partial charge in [0.1, 0.15) is 5.82 Å². The van der Waals surface area contributed by atoms with Gasteiger partial charge in [-0.2, -0.15) is 0 Å². The van der Waals surface area contributed by atoms with E-state index in [1.807, 2.05) is 0 Å². The van der Waals surface area contributed by atoms with Crippen LogP contribution in [-0.2, 0) is 16.0 Å². The summed E-state index contributed by atoms with van der Waals surface area (Å²) in [5.74, 6) is -1.99. The first kappa shape index (κ1) is 13.5. The number of nitrogens with zero attached hydrogens (tertiary/aromatic N) is 1. The number of carbonyl (C=O) groups excluding carboxylic acids is 1. The number of rotatable bonds is 3. The first-order valence-corrected chi connectivity index (χ1v) is 6.32. The second kappa shape index (κ2) is 5.82. The summed E-state index contributed by atoms with van der Waals surface area (Å²) >= 11 is 0.